The van der Waals surface area contributed by atoms with E-state index in [1.165, 1.54) is 0 Å². The van der Waals surface area contributed by atoms with Gasteiger partial charge in [-0.2, -0.15) is 0 Å². The SMILES string of the molecule is CNCC(O)C(O)c1ccc2ccccc2c1Br. The van der Waals surface area contributed by atoms with Crippen molar-refractivity contribution in [1.29, 1.82) is 0 Å². The number of aliphatic hydroxyl groups excluding tert-OH is 2. The molecule has 0 aliphatic heterocycles. The zero-order valence-electron chi connectivity index (χ0n) is 10.1. The predicted octanol–water partition coefficient (Wildman–Crippen LogP) is 2.22. The standard InChI is InChI=1S/C14H16BrNO2/c1-16-8-12(17)14(18)11-7-6-9-4-2-3-5-10(9)13(11)15/h2-7,12,14,16-18H,8H2,1H3. The maximum Gasteiger partial charge on any atom is 0.107 e. The van der Waals surface area contributed by atoms with Crippen molar-refractivity contribution in [1.82, 2.24) is 5.32 Å². The first-order chi connectivity index (χ1) is 8.65. The summed E-state index contributed by atoms with van der Waals surface area (Å²) in [4.78, 5) is 0. The summed E-state index contributed by atoms with van der Waals surface area (Å²) >= 11 is 3.51. The molecule has 0 saturated carbocycles. The van der Waals surface area contributed by atoms with Crippen molar-refractivity contribution in [3.8, 4) is 0 Å². The summed E-state index contributed by atoms with van der Waals surface area (Å²) in [5.74, 6) is 0. The van der Waals surface area contributed by atoms with Crippen LogP contribution in [0.3, 0.4) is 0 Å². The number of halogens is 1. The molecular formula is C14H16BrNO2. The molecule has 2 atom stereocenters. The van der Waals surface area contributed by atoms with Crippen molar-refractivity contribution < 1.29 is 10.2 Å². The minimum Gasteiger partial charge on any atom is -0.389 e. The number of likely N-dealkylation sites (N-methyl/N-ethyl adjacent to an activating group) is 1. The van der Waals surface area contributed by atoms with Crippen molar-refractivity contribution >= 4 is 26.7 Å². The fraction of sp³-hybridized carbons (Fsp3) is 0.286. The van der Waals surface area contributed by atoms with Gasteiger partial charge in [0.05, 0.1) is 6.10 Å². The Bertz CT molecular complexity index is 544. The van der Waals surface area contributed by atoms with Crippen LogP contribution in [0, 0.1) is 0 Å². The Morgan fingerprint density at radius 2 is 1.89 bits per heavy atom. The second-order valence-corrected chi connectivity index (χ2v) is 5.05. The Morgan fingerprint density at radius 1 is 1.17 bits per heavy atom. The van der Waals surface area contributed by atoms with Gasteiger partial charge in [0.1, 0.15) is 6.10 Å². The van der Waals surface area contributed by atoms with Crippen LogP contribution < -0.4 is 5.32 Å². The normalized spacial score (nSPS) is 14.7. The second-order valence-electron chi connectivity index (χ2n) is 4.26. The monoisotopic (exact) mass is 309 g/mol. The molecule has 2 rings (SSSR count). The van der Waals surface area contributed by atoms with Crippen LogP contribution in [0.2, 0.25) is 0 Å². The average Bonchev–Trinajstić information content (AvgIpc) is 2.39. The molecule has 0 fully saturated rings. The van der Waals surface area contributed by atoms with Crippen LogP contribution in [0.25, 0.3) is 10.8 Å². The third-order valence-corrected chi connectivity index (χ3v) is 3.87. The molecule has 96 valence electrons. The van der Waals surface area contributed by atoms with Gasteiger partial charge in [0.15, 0.2) is 0 Å². The van der Waals surface area contributed by atoms with Gasteiger partial charge in [0.25, 0.3) is 0 Å². The molecule has 4 heteroatoms. The minimum atomic E-state index is -0.906. The third-order valence-electron chi connectivity index (χ3n) is 2.99. The highest BCUT2D eigenvalue weighted by atomic mass is 79.9. The molecule has 0 saturated heterocycles. The van der Waals surface area contributed by atoms with Crippen molar-refractivity contribution in [2.24, 2.45) is 0 Å². The molecule has 0 radical (unpaired) electrons. The maximum atomic E-state index is 10.1. The molecule has 0 spiro atoms. The lowest BCUT2D eigenvalue weighted by atomic mass is 10.0. The smallest absolute Gasteiger partial charge is 0.107 e. The Kier molecular flexibility index (Phi) is 4.35. The van der Waals surface area contributed by atoms with Crippen LogP contribution >= 0.6 is 15.9 Å². The van der Waals surface area contributed by atoms with E-state index in [0.717, 1.165) is 15.2 Å². The van der Waals surface area contributed by atoms with E-state index >= 15 is 0 Å². The number of aliphatic hydroxyl groups is 2. The van der Waals surface area contributed by atoms with Crippen molar-refractivity contribution in [3.63, 3.8) is 0 Å². The lowest BCUT2D eigenvalue weighted by Crippen LogP contribution is -2.29. The highest BCUT2D eigenvalue weighted by Crippen LogP contribution is 2.32. The van der Waals surface area contributed by atoms with Gasteiger partial charge in [-0.25, -0.2) is 0 Å². The molecular weight excluding hydrogens is 294 g/mol. The summed E-state index contributed by atoms with van der Waals surface area (Å²) in [7, 11) is 1.74. The summed E-state index contributed by atoms with van der Waals surface area (Å²) in [6, 6.07) is 11.7. The number of rotatable bonds is 4. The van der Waals surface area contributed by atoms with Crippen LogP contribution in [0.15, 0.2) is 40.9 Å². The highest BCUT2D eigenvalue weighted by molar-refractivity contribution is 9.10. The molecule has 3 nitrogen and oxygen atoms in total. The molecule has 0 amide bonds. The number of hydrogen-bond acceptors (Lipinski definition) is 3. The van der Waals surface area contributed by atoms with E-state index in [9.17, 15) is 10.2 Å². The lowest BCUT2D eigenvalue weighted by Gasteiger charge is -2.19. The fourth-order valence-electron chi connectivity index (χ4n) is 2.01. The largest absolute Gasteiger partial charge is 0.389 e. The van der Waals surface area contributed by atoms with Gasteiger partial charge in [0.2, 0.25) is 0 Å². The Hall–Kier alpha value is -0.940. The quantitative estimate of drug-likeness (QED) is 0.811. The molecule has 0 heterocycles. The van der Waals surface area contributed by atoms with Gasteiger partial charge in [-0.1, -0.05) is 36.4 Å². The fourth-order valence-corrected chi connectivity index (χ4v) is 2.73. The number of nitrogens with one attached hydrogen (secondary N) is 1. The Labute approximate surface area is 115 Å². The van der Waals surface area contributed by atoms with Crippen LogP contribution in [0.4, 0.5) is 0 Å². The summed E-state index contributed by atoms with van der Waals surface area (Å²) in [5.41, 5.74) is 0.705. The van der Waals surface area contributed by atoms with Gasteiger partial charge in [-0.3, -0.25) is 0 Å². The average molecular weight is 310 g/mol. The minimum absolute atomic E-state index is 0.348. The van der Waals surface area contributed by atoms with Crippen molar-refractivity contribution in [3.05, 3.63) is 46.4 Å². The highest BCUT2D eigenvalue weighted by Gasteiger charge is 2.20. The molecule has 0 aliphatic carbocycles. The number of hydrogen-bond donors (Lipinski definition) is 3. The predicted molar refractivity (Wildman–Crippen MR) is 76.5 cm³/mol. The molecule has 2 unspecified atom stereocenters. The third kappa shape index (κ3) is 2.57. The van der Waals surface area contributed by atoms with Crippen LogP contribution in [-0.2, 0) is 0 Å². The van der Waals surface area contributed by atoms with Gasteiger partial charge in [0, 0.05) is 11.0 Å². The first kappa shape index (κ1) is 13.5. The van der Waals surface area contributed by atoms with E-state index in [2.05, 4.69) is 21.2 Å². The van der Waals surface area contributed by atoms with Crippen molar-refractivity contribution in [2.45, 2.75) is 12.2 Å². The zero-order chi connectivity index (χ0) is 13.1. The molecule has 0 bridgehead atoms. The van der Waals surface area contributed by atoms with Gasteiger partial charge >= 0.3 is 0 Å². The second kappa shape index (κ2) is 5.80. The summed E-state index contributed by atoms with van der Waals surface area (Å²) in [5, 5.41) is 25.0. The van der Waals surface area contributed by atoms with Gasteiger partial charge in [-0.15, -0.1) is 0 Å². The molecule has 2 aromatic rings. The topological polar surface area (TPSA) is 52.5 Å². The van der Waals surface area contributed by atoms with Gasteiger partial charge in [-0.05, 0) is 39.3 Å². The Morgan fingerprint density at radius 3 is 2.61 bits per heavy atom. The van der Waals surface area contributed by atoms with E-state index in [1.54, 1.807) is 7.05 Å². The molecule has 3 N–H and O–H groups in total. The van der Waals surface area contributed by atoms with Crippen LogP contribution in [-0.4, -0.2) is 29.9 Å². The van der Waals surface area contributed by atoms with E-state index in [-0.39, 0.29) is 0 Å². The van der Waals surface area contributed by atoms with Crippen molar-refractivity contribution in [2.75, 3.05) is 13.6 Å². The molecule has 0 aromatic heterocycles. The van der Waals surface area contributed by atoms with Gasteiger partial charge < -0.3 is 15.5 Å². The maximum absolute atomic E-state index is 10.1. The van der Waals surface area contributed by atoms with E-state index in [0.29, 0.717) is 12.1 Å². The lowest BCUT2D eigenvalue weighted by molar-refractivity contribution is 0.0199. The number of fused-ring (bicyclic) bond motifs is 1. The Balaban J connectivity index is 2.42. The molecule has 18 heavy (non-hydrogen) atoms. The summed E-state index contributed by atoms with van der Waals surface area (Å²) in [6.07, 6.45) is -1.73. The summed E-state index contributed by atoms with van der Waals surface area (Å²) < 4.78 is 0.836. The summed E-state index contributed by atoms with van der Waals surface area (Å²) in [6.45, 7) is 0.348. The molecule has 0 aliphatic rings. The molecule has 2 aromatic carbocycles. The van der Waals surface area contributed by atoms with Crippen LogP contribution in [0.1, 0.15) is 11.7 Å². The first-order valence-corrected chi connectivity index (χ1v) is 6.62. The number of benzene rings is 2. The van der Waals surface area contributed by atoms with Crippen LogP contribution in [0.5, 0.6) is 0 Å². The zero-order valence-corrected chi connectivity index (χ0v) is 11.7. The first-order valence-electron chi connectivity index (χ1n) is 5.83. The van der Waals surface area contributed by atoms with E-state index in [1.807, 2.05) is 36.4 Å². The van der Waals surface area contributed by atoms with E-state index < -0.39 is 12.2 Å². The van der Waals surface area contributed by atoms with E-state index in [4.69, 9.17) is 0 Å².